The summed E-state index contributed by atoms with van der Waals surface area (Å²) < 4.78 is 0. The zero-order valence-electron chi connectivity index (χ0n) is 10.6. The highest BCUT2D eigenvalue weighted by atomic mass is 15.2. The van der Waals surface area contributed by atoms with E-state index in [0.29, 0.717) is 0 Å². The standard InChI is InChI=1S/C12H22N4/c1-9-5-11(16-15-7-9)14-8-10(13)6-12(2,3)4/h5,7,10H,6,8,13H2,1-4H3,(H,14,16). The Morgan fingerprint density at radius 2 is 2.12 bits per heavy atom. The molecule has 4 nitrogen and oxygen atoms in total. The highest BCUT2D eigenvalue weighted by Gasteiger charge is 2.15. The van der Waals surface area contributed by atoms with Crippen LogP contribution in [0.1, 0.15) is 32.8 Å². The van der Waals surface area contributed by atoms with Crippen molar-refractivity contribution in [1.29, 1.82) is 0 Å². The smallest absolute Gasteiger partial charge is 0.148 e. The van der Waals surface area contributed by atoms with Gasteiger partial charge in [0.1, 0.15) is 5.82 Å². The van der Waals surface area contributed by atoms with Crippen LogP contribution in [-0.4, -0.2) is 22.8 Å². The summed E-state index contributed by atoms with van der Waals surface area (Å²) in [6, 6.07) is 2.11. The highest BCUT2D eigenvalue weighted by molar-refractivity contribution is 5.35. The van der Waals surface area contributed by atoms with E-state index in [9.17, 15) is 0 Å². The molecule has 0 aliphatic carbocycles. The molecule has 4 heteroatoms. The van der Waals surface area contributed by atoms with Crippen LogP contribution in [0.25, 0.3) is 0 Å². The van der Waals surface area contributed by atoms with Crippen LogP contribution in [-0.2, 0) is 0 Å². The molecule has 1 aromatic heterocycles. The Morgan fingerprint density at radius 1 is 1.44 bits per heavy atom. The zero-order valence-corrected chi connectivity index (χ0v) is 10.6. The second-order valence-electron chi connectivity index (χ2n) is 5.52. The van der Waals surface area contributed by atoms with Crippen molar-refractivity contribution < 1.29 is 0 Å². The molecule has 0 aliphatic heterocycles. The van der Waals surface area contributed by atoms with Crippen molar-refractivity contribution >= 4 is 5.82 Å². The third kappa shape index (κ3) is 5.07. The van der Waals surface area contributed by atoms with Crippen molar-refractivity contribution in [2.24, 2.45) is 11.1 Å². The molecule has 0 aliphatic rings. The minimum absolute atomic E-state index is 0.141. The van der Waals surface area contributed by atoms with Crippen LogP contribution in [0, 0.1) is 12.3 Å². The van der Waals surface area contributed by atoms with Gasteiger partial charge in [-0.3, -0.25) is 0 Å². The molecule has 1 atom stereocenters. The summed E-state index contributed by atoms with van der Waals surface area (Å²) in [4.78, 5) is 0. The average molecular weight is 222 g/mol. The SMILES string of the molecule is Cc1cnnc(NCC(N)CC(C)(C)C)c1. The van der Waals surface area contributed by atoms with Gasteiger partial charge in [-0.2, -0.15) is 5.10 Å². The lowest BCUT2D eigenvalue weighted by atomic mass is 9.88. The molecule has 0 fully saturated rings. The van der Waals surface area contributed by atoms with Gasteiger partial charge in [-0.15, -0.1) is 5.10 Å². The lowest BCUT2D eigenvalue weighted by Gasteiger charge is -2.23. The zero-order chi connectivity index (χ0) is 12.2. The molecule has 0 spiro atoms. The minimum Gasteiger partial charge on any atom is -0.367 e. The average Bonchev–Trinajstić information content (AvgIpc) is 2.12. The number of aryl methyl sites for hydroxylation is 1. The van der Waals surface area contributed by atoms with E-state index in [-0.39, 0.29) is 11.5 Å². The third-order valence-electron chi connectivity index (χ3n) is 2.21. The quantitative estimate of drug-likeness (QED) is 0.817. The van der Waals surface area contributed by atoms with E-state index >= 15 is 0 Å². The van der Waals surface area contributed by atoms with Crippen molar-refractivity contribution in [3.05, 3.63) is 17.8 Å². The maximum absolute atomic E-state index is 6.04. The van der Waals surface area contributed by atoms with Gasteiger partial charge in [0.05, 0.1) is 6.20 Å². The van der Waals surface area contributed by atoms with Crippen LogP contribution in [0.5, 0.6) is 0 Å². The van der Waals surface area contributed by atoms with Gasteiger partial charge in [-0.1, -0.05) is 20.8 Å². The molecule has 3 N–H and O–H groups in total. The molecule has 16 heavy (non-hydrogen) atoms. The lowest BCUT2D eigenvalue weighted by Crippen LogP contribution is -2.33. The Kier molecular flexibility index (Phi) is 4.24. The van der Waals surface area contributed by atoms with Gasteiger partial charge in [-0.25, -0.2) is 0 Å². The Bertz CT molecular complexity index is 330. The summed E-state index contributed by atoms with van der Waals surface area (Å²) in [7, 11) is 0. The monoisotopic (exact) mass is 222 g/mol. The number of rotatable bonds is 4. The molecule has 1 unspecified atom stereocenters. The maximum Gasteiger partial charge on any atom is 0.148 e. The van der Waals surface area contributed by atoms with Crippen LogP contribution >= 0.6 is 0 Å². The van der Waals surface area contributed by atoms with Crippen molar-refractivity contribution in [1.82, 2.24) is 10.2 Å². The summed E-state index contributed by atoms with van der Waals surface area (Å²) in [6.45, 7) is 9.31. The van der Waals surface area contributed by atoms with Crippen molar-refractivity contribution in [3.63, 3.8) is 0 Å². The Morgan fingerprint density at radius 3 is 2.69 bits per heavy atom. The summed E-state index contributed by atoms with van der Waals surface area (Å²) in [6.07, 6.45) is 2.72. The number of hydrogen-bond donors (Lipinski definition) is 2. The van der Waals surface area contributed by atoms with Crippen molar-refractivity contribution in [2.45, 2.75) is 40.2 Å². The number of anilines is 1. The molecule has 1 aromatic rings. The predicted octanol–water partition coefficient (Wildman–Crippen LogP) is 1.96. The largest absolute Gasteiger partial charge is 0.367 e. The maximum atomic E-state index is 6.04. The molecule has 0 saturated carbocycles. The van der Waals surface area contributed by atoms with Gasteiger partial charge in [0.15, 0.2) is 0 Å². The normalized spacial score (nSPS) is 13.6. The molecule has 1 heterocycles. The molecule has 90 valence electrons. The number of nitrogens with zero attached hydrogens (tertiary/aromatic N) is 2. The number of hydrogen-bond acceptors (Lipinski definition) is 4. The first-order valence-electron chi connectivity index (χ1n) is 5.65. The van der Waals surface area contributed by atoms with Gasteiger partial charge < -0.3 is 11.1 Å². The molecule has 0 radical (unpaired) electrons. The van der Waals surface area contributed by atoms with E-state index in [2.05, 4.69) is 36.3 Å². The first-order chi connectivity index (χ1) is 7.37. The first kappa shape index (κ1) is 12.9. The van der Waals surface area contributed by atoms with E-state index < -0.39 is 0 Å². The summed E-state index contributed by atoms with van der Waals surface area (Å²) in [5, 5.41) is 11.1. The molecule has 0 amide bonds. The molecule has 0 saturated heterocycles. The van der Waals surface area contributed by atoms with Crippen LogP contribution in [0.15, 0.2) is 12.3 Å². The Hall–Kier alpha value is -1.16. The lowest BCUT2D eigenvalue weighted by molar-refractivity contribution is 0.344. The first-order valence-corrected chi connectivity index (χ1v) is 5.65. The van der Waals surface area contributed by atoms with Crippen molar-refractivity contribution in [2.75, 3.05) is 11.9 Å². The summed E-state index contributed by atoms with van der Waals surface area (Å²) in [5.41, 5.74) is 7.40. The number of nitrogens with one attached hydrogen (secondary N) is 1. The summed E-state index contributed by atoms with van der Waals surface area (Å²) in [5.74, 6) is 0.796. The topological polar surface area (TPSA) is 63.8 Å². The number of aromatic nitrogens is 2. The van der Waals surface area contributed by atoms with Gasteiger partial charge >= 0.3 is 0 Å². The Labute approximate surface area is 97.6 Å². The van der Waals surface area contributed by atoms with E-state index in [1.165, 1.54) is 0 Å². The van der Waals surface area contributed by atoms with Gasteiger partial charge in [0.2, 0.25) is 0 Å². The summed E-state index contributed by atoms with van der Waals surface area (Å²) >= 11 is 0. The van der Waals surface area contributed by atoms with E-state index in [4.69, 9.17) is 5.73 Å². The van der Waals surface area contributed by atoms with Gasteiger partial charge in [0, 0.05) is 12.6 Å². The second kappa shape index (κ2) is 5.25. The van der Waals surface area contributed by atoms with Crippen LogP contribution in [0.3, 0.4) is 0 Å². The van der Waals surface area contributed by atoms with Crippen LogP contribution in [0.2, 0.25) is 0 Å². The highest BCUT2D eigenvalue weighted by Crippen LogP contribution is 2.19. The molecular formula is C12H22N4. The van der Waals surface area contributed by atoms with Gasteiger partial charge in [0.25, 0.3) is 0 Å². The van der Waals surface area contributed by atoms with E-state index in [0.717, 1.165) is 24.3 Å². The fraction of sp³-hybridized carbons (Fsp3) is 0.667. The van der Waals surface area contributed by atoms with Crippen LogP contribution < -0.4 is 11.1 Å². The van der Waals surface area contributed by atoms with Gasteiger partial charge in [-0.05, 0) is 30.4 Å². The van der Waals surface area contributed by atoms with Crippen molar-refractivity contribution in [3.8, 4) is 0 Å². The van der Waals surface area contributed by atoms with E-state index in [1.54, 1.807) is 6.20 Å². The third-order valence-corrected chi connectivity index (χ3v) is 2.21. The predicted molar refractivity (Wildman–Crippen MR) is 67.3 cm³/mol. The molecular weight excluding hydrogens is 200 g/mol. The molecule has 0 aromatic carbocycles. The molecule has 0 bridgehead atoms. The van der Waals surface area contributed by atoms with E-state index in [1.807, 2.05) is 13.0 Å². The fourth-order valence-electron chi connectivity index (χ4n) is 1.64. The fourth-order valence-corrected chi connectivity index (χ4v) is 1.64. The second-order valence-corrected chi connectivity index (χ2v) is 5.52. The minimum atomic E-state index is 0.141. The Balaban J connectivity index is 2.40. The van der Waals surface area contributed by atoms with Crippen LogP contribution in [0.4, 0.5) is 5.82 Å². The number of nitrogens with two attached hydrogens (primary N) is 1. The molecule has 1 rings (SSSR count).